The van der Waals surface area contributed by atoms with Gasteiger partial charge >= 0.3 is 0 Å². The number of amides is 1. The zero-order valence-corrected chi connectivity index (χ0v) is 21.9. The first-order valence-corrected chi connectivity index (χ1v) is 12.6. The number of pyridine rings is 1. The molecule has 9 heteroatoms. The molecule has 0 bridgehead atoms. The van der Waals surface area contributed by atoms with Crippen LogP contribution in [0.1, 0.15) is 62.4 Å². The van der Waals surface area contributed by atoms with Gasteiger partial charge in [0, 0.05) is 18.0 Å². The van der Waals surface area contributed by atoms with Crippen LogP contribution in [-0.2, 0) is 29.7 Å². The number of rotatable bonds is 6. The van der Waals surface area contributed by atoms with Crippen molar-refractivity contribution in [2.75, 3.05) is 12.0 Å². The van der Waals surface area contributed by atoms with Crippen molar-refractivity contribution in [3.8, 4) is 23.1 Å². The maximum absolute atomic E-state index is 15.5. The summed E-state index contributed by atoms with van der Waals surface area (Å²) in [5.41, 5.74) is 2.90. The van der Waals surface area contributed by atoms with Crippen LogP contribution in [0.4, 0.5) is 14.5 Å². The minimum absolute atomic E-state index is 0.0163. The summed E-state index contributed by atoms with van der Waals surface area (Å²) in [6, 6.07) is 5.32. The van der Waals surface area contributed by atoms with Gasteiger partial charge < -0.3 is 9.64 Å². The third kappa shape index (κ3) is 4.35. The van der Waals surface area contributed by atoms with Crippen molar-refractivity contribution in [1.82, 2.24) is 14.8 Å². The van der Waals surface area contributed by atoms with E-state index in [1.54, 1.807) is 17.1 Å². The number of nitrogens with zero attached hydrogens (tertiary/aromatic N) is 5. The SMILES string of the molecule is CC.CCCc1cc(OC)c(F)c(N2Cc3cnc(-c4cn(CC#N)nc4C)cc3C3(CC3)C2=O)c1F. The molecule has 1 aromatic carbocycles. The first-order valence-electron chi connectivity index (χ1n) is 12.6. The summed E-state index contributed by atoms with van der Waals surface area (Å²) in [7, 11) is 1.33. The number of halogens is 2. The highest BCUT2D eigenvalue weighted by atomic mass is 19.1. The number of hydrogen-bond acceptors (Lipinski definition) is 5. The fraction of sp³-hybridized carbons (Fsp3) is 0.429. The fourth-order valence-electron chi connectivity index (χ4n) is 5.02. The van der Waals surface area contributed by atoms with E-state index >= 15 is 8.78 Å². The van der Waals surface area contributed by atoms with Gasteiger partial charge in [0.15, 0.2) is 17.4 Å². The molecule has 1 saturated carbocycles. The Morgan fingerprint density at radius 1 is 1.22 bits per heavy atom. The van der Waals surface area contributed by atoms with E-state index in [1.807, 2.05) is 33.8 Å². The lowest BCUT2D eigenvalue weighted by molar-refractivity contribution is -0.121. The maximum atomic E-state index is 15.5. The normalized spacial score (nSPS) is 15.1. The van der Waals surface area contributed by atoms with Crippen LogP contribution in [0, 0.1) is 29.9 Å². The largest absolute Gasteiger partial charge is 0.494 e. The number of aryl methyl sites for hydroxylation is 2. The zero-order chi connectivity index (χ0) is 26.9. The Morgan fingerprint density at radius 2 is 1.95 bits per heavy atom. The van der Waals surface area contributed by atoms with Gasteiger partial charge in [-0.2, -0.15) is 10.4 Å². The number of benzene rings is 1. The predicted octanol–water partition coefficient (Wildman–Crippen LogP) is 5.62. The van der Waals surface area contributed by atoms with Crippen LogP contribution in [0.25, 0.3) is 11.3 Å². The second kappa shape index (κ2) is 10.3. The van der Waals surface area contributed by atoms with Crippen LogP contribution >= 0.6 is 0 Å². The number of carbonyl (C=O) groups excluding carboxylic acids is 1. The molecule has 0 N–H and O–H groups in total. The van der Waals surface area contributed by atoms with Gasteiger partial charge in [-0.1, -0.05) is 27.2 Å². The summed E-state index contributed by atoms with van der Waals surface area (Å²) in [6.07, 6.45) is 5.71. The predicted molar refractivity (Wildman–Crippen MR) is 136 cm³/mol. The lowest BCUT2D eigenvalue weighted by atomic mass is 9.85. The van der Waals surface area contributed by atoms with E-state index in [0.29, 0.717) is 36.9 Å². The molecule has 194 valence electrons. The Hall–Kier alpha value is -3.80. The van der Waals surface area contributed by atoms with Gasteiger partial charge in [0.1, 0.15) is 12.2 Å². The number of nitriles is 1. The quantitative estimate of drug-likeness (QED) is 0.432. The minimum Gasteiger partial charge on any atom is -0.494 e. The topological polar surface area (TPSA) is 84.0 Å². The first kappa shape index (κ1) is 26.3. The van der Waals surface area contributed by atoms with E-state index in [9.17, 15) is 4.79 Å². The molecule has 1 spiro atoms. The van der Waals surface area contributed by atoms with Gasteiger partial charge in [-0.3, -0.25) is 14.5 Å². The van der Waals surface area contributed by atoms with Crippen molar-refractivity contribution in [3.05, 3.63) is 58.5 Å². The van der Waals surface area contributed by atoms with Gasteiger partial charge in [-0.25, -0.2) is 8.78 Å². The van der Waals surface area contributed by atoms with E-state index < -0.39 is 17.0 Å². The molecule has 1 amide bonds. The number of fused-ring (bicyclic) bond motifs is 2. The molecule has 0 atom stereocenters. The summed E-state index contributed by atoms with van der Waals surface area (Å²) in [5.74, 6) is -1.98. The lowest BCUT2D eigenvalue weighted by Crippen LogP contribution is -2.45. The molecule has 3 aromatic rings. The van der Waals surface area contributed by atoms with E-state index in [0.717, 1.165) is 22.4 Å². The second-order valence-corrected chi connectivity index (χ2v) is 9.15. The van der Waals surface area contributed by atoms with Crippen LogP contribution in [0.2, 0.25) is 0 Å². The Balaban J connectivity index is 0.00000156. The van der Waals surface area contributed by atoms with Crippen molar-refractivity contribution in [3.63, 3.8) is 0 Å². The van der Waals surface area contributed by atoms with Gasteiger partial charge in [0.25, 0.3) is 0 Å². The molecule has 5 rings (SSSR count). The zero-order valence-electron chi connectivity index (χ0n) is 21.9. The molecule has 1 aliphatic heterocycles. The molecule has 7 nitrogen and oxygen atoms in total. The van der Waals surface area contributed by atoms with Gasteiger partial charge in [-0.15, -0.1) is 0 Å². The van der Waals surface area contributed by atoms with Gasteiger partial charge in [0.05, 0.1) is 36.5 Å². The molecular formula is C28H31F2N5O2. The monoisotopic (exact) mass is 507 g/mol. The number of aromatic nitrogens is 3. The fourth-order valence-corrected chi connectivity index (χ4v) is 5.02. The molecular weight excluding hydrogens is 476 g/mol. The summed E-state index contributed by atoms with van der Waals surface area (Å²) < 4.78 is 37.6. The van der Waals surface area contributed by atoms with Crippen LogP contribution in [0.3, 0.4) is 0 Å². The standard InChI is InChI=1S/C26H25F2N5O2.C2H6/c1-4-5-16-10-21(35-3)23(28)24(22(16)27)33-13-17-12-30-20(11-19(17)26(6-7-26)25(33)34)18-14-32(9-8-29)31-15(18)2;1-2/h10-12,14H,4-7,9,13H2,1-3H3;1-2H3. The van der Waals surface area contributed by atoms with Gasteiger partial charge in [-0.05, 0) is 55.0 Å². The van der Waals surface area contributed by atoms with Crippen molar-refractivity contribution in [1.29, 1.82) is 5.26 Å². The van der Waals surface area contributed by atoms with E-state index in [4.69, 9.17) is 10.00 Å². The smallest absolute Gasteiger partial charge is 0.238 e. The first-order chi connectivity index (χ1) is 17.8. The maximum Gasteiger partial charge on any atom is 0.238 e. The number of hydrogen-bond donors (Lipinski definition) is 0. The Morgan fingerprint density at radius 3 is 2.57 bits per heavy atom. The molecule has 37 heavy (non-hydrogen) atoms. The third-order valence-corrected chi connectivity index (χ3v) is 6.92. The molecule has 0 unspecified atom stereocenters. The van der Waals surface area contributed by atoms with E-state index in [2.05, 4.69) is 16.2 Å². The highest BCUT2D eigenvalue weighted by Gasteiger charge is 2.57. The summed E-state index contributed by atoms with van der Waals surface area (Å²) >= 11 is 0. The van der Waals surface area contributed by atoms with Crippen LogP contribution in [0.5, 0.6) is 5.75 Å². The minimum atomic E-state index is -0.873. The number of ether oxygens (including phenoxy) is 1. The van der Waals surface area contributed by atoms with Crippen molar-refractivity contribution in [2.45, 2.75) is 71.9 Å². The summed E-state index contributed by atoms with van der Waals surface area (Å²) in [4.78, 5) is 19.5. The number of methoxy groups -OCH3 is 1. The molecule has 2 aromatic heterocycles. The van der Waals surface area contributed by atoms with Gasteiger partial charge in [0.2, 0.25) is 5.91 Å². The Kier molecular flexibility index (Phi) is 7.30. The van der Waals surface area contributed by atoms with E-state index in [1.165, 1.54) is 18.1 Å². The van der Waals surface area contributed by atoms with Crippen LogP contribution in [0.15, 0.2) is 24.5 Å². The van der Waals surface area contributed by atoms with Crippen LogP contribution in [-0.4, -0.2) is 27.8 Å². The molecule has 0 saturated heterocycles. The van der Waals surface area contributed by atoms with E-state index in [-0.39, 0.29) is 30.4 Å². The second-order valence-electron chi connectivity index (χ2n) is 9.15. The number of anilines is 1. The molecule has 0 radical (unpaired) electrons. The highest BCUT2D eigenvalue weighted by molar-refractivity contribution is 6.05. The Bertz CT molecular complexity index is 1390. The third-order valence-electron chi connectivity index (χ3n) is 6.92. The molecule has 1 fully saturated rings. The average Bonchev–Trinajstić information content (AvgIpc) is 3.62. The Labute approximate surface area is 215 Å². The molecule has 1 aliphatic carbocycles. The lowest BCUT2D eigenvalue weighted by Gasteiger charge is -2.35. The molecule has 3 heterocycles. The molecule has 2 aliphatic rings. The van der Waals surface area contributed by atoms with Crippen molar-refractivity contribution in [2.24, 2.45) is 0 Å². The highest BCUT2D eigenvalue weighted by Crippen LogP contribution is 2.55. The average molecular weight is 508 g/mol. The van der Waals surface area contributed by atoms with Crippen molar-refractivity contribution < 1.29 is 18.3 Å². The number of carbonyl (C=O) groups is 1. The van der Waals surface area contributed by atoms with Crippen LogP contribution < -0.4 is 9.64 Å². The summed E-state index contributed by atoms with van der Waals surface area (Å²) in [6.45, 7) is 7.89. The van der Waals surface area contributed by atoms with Crippen molar-refractivity contribution >= 4 is 11.6 Å². The summed E-state index contributed by atoms with van der Waals surface area (Å²) in [5, 5.41) is 13.3.